The molecule has 0 saturated carbocycles. The number of hydrogen-bond acceptors (Lipinski definition) is 5. The third kappa shape index (κ3) is 5.32. The van der Waals surface area contributed by atoms with E-state index in [0.717, 1.165) is 45.6 Å². The Kier molecular flexibility index (Phi) is 6.62. The van der Waals surface area contributed by atoms with Gasteiger partial charge in [-0.25, -0.2) is 4.98 Å². The van der Waals surface area contributed by atoms with E-state index in [1.165, 1.54) is 0 Å². The molecule has 0 fully saturated rings. The van der Waals surface area contributed by atoms with Gasteiger partial charge in [-0.15, -0.1) is 0 Å². The van der Waals surface area contributed by atoms with Crippen molar-refractivity contribution >= 4 is 34.2 Å². The van der Waals surface area contributed by atoms with E-state index in [1.54, 1.807) is 0 Å². The minimum atomic E-state index is 0.849. The second kappa shape index (κ2) is 9.35. The summed E-state index contributed by atoms with van der Waals surface area (Å²) >= 11 is 0. The van der Waals surface area contributed by atoms with Crippen LogP contribution in [0.5, 0.6) is 0 Å². The highest BCUT2D eigenvalue weighted by Gasteiger charge is 2.05. The zero-order valence-electron chi connectivity index (χ0n) is 18.6. The summed E-state index contributed by atoms with van der Waals surface area (Å²) in [5.41, 5.74) is 7.57. The fourth-order valence-electron chi connectivity index (χ4n) is 2.99. The van der Waals surface area contributed by atoms with E-state index in [-0.39, 0.29) is 0 Å². The first-order valence-electron chi connectivity index (χ1n) is 9.96. The van der Waals surface area contributed by atoms with Gasteiger partial charge < -0.3 is 9.80 Å². The average molecular weight is 400 g/mol. The molecule has 0 radical (unpaired) electrons. The Morgan fingerprint density at radius 2 is 0.967 bits per heavy atom. The van der Waals surface area contributed by atoms with Crippen molar-refractivity contribution in [3.63, 3.8) is 0 Å². The lowest BCUT2D eigenvalue weighted by molar-refractivity contribution is 1.13. The molecule has 0 bridgehead atoms. The van der Waals surface area contributed by atoms with Crippen molar-refractivity contribution < 1.29 is 0 Å². The van der Waals surface area contributed by atoms with Crippen LogP contribution in [0.3, 0.4) is 0 Å². The second-order valence-corrected chi connectivity index (χ2v) is 7.62. The van der Waals surface area contributed by atoms with Crippen molar-refractivity contribution in [3.05, 3.63) is 78.1 Å². The molecule has 1 aromatic heterocycles. The molecular weight excluding hydrogens is 370 g/mol. The van der Waals surface area contributed by atoms with E-state index in [1.807, 2.05) is 84.5 Å². The van der Waals surface area contributed by atoms with Crippen LogP contribution in [0.1, 0.15) is 25.2 Å². The summed E-state index contributed by atoms with van der Waals surface area (Å²) in [5, 5.41) is 0. The van der Waals surface area contributed by atoms with Crippen LogP contribution in [0, 0.1) is 0 Å². The first-order chi connectivity index (χ1) is 14.3. The fraction of sp³-hybridized carbons (Fsp3) is 0.240. The Labute approximate surface area is 179 Å². The molecule has 0 aliphatic rings. The Morgan fingerprint density at radius 1 is 0.600 bits per heavy atom. The smallest absolute Gasteiger partial charge is 0.0849 e. The van der Waals surface area contributed by atoms with Crippen molar-refractivity contribution in [2.75, 3.05) is 38.0 Å². The highest BCUT2D eigenvalue weighted by atomic mass is 15.1. The van der Waals surface area contributed by atoms with Crippen molar-refractivity contribution in [2.45, 2.75) is 13.8 Å². The molecule has 0 spiro atoms. The standard InChI is InChI=1S/C25H29N5/c1-18(26-20-10-14-22(15-11-20)29(3)4)24-8-7-9-25(28-24)19(2)27-21-12-16-23(17-13-21)30(5)6/h7-17H,1-6H3. The molecule has 0 amide bonds. The molecule has 0 saturated heterocycles. The molecule has 3 rings (SSSR count). The van der Waals surface area contributed by atoms with Gasteiger partial charge in [0.25, 0.3) is 0 Å². The summed E-state index contributed by atoms with van der Waals surface area (Å²) in [6.07, 6.45) is 0. The highest BCUT2D eigenvalue weighted by molar-refractivity contribution is 6.02. The molecule has 1 heterocycles. The van der Waals surface area contributed by atoms with Crippen LogP contribution in [0.25, 0.3) is 0 Å². The number of pyridine rings is 1. The lowest BCUT2D eigenvalue weighted by Gasteiger charge is -2.12. The normalized spacial score (nSPS) is 12.1. The third-order valence-electron chi connectivity index (χ3n) is 4.82. The lowest BCUT2D eigenvalue weighted by atomic mass is 10.2. The van der Waals surface area contributed by atoms with Crippen LogP contribution in [0.15, 0.2) is 76.7 Å². The van der Waals surface area contributed by atoms with Crippen LogP contribution < -0.4 is 9.80 Å². The zero-order chi connectivity index (χ0) is 21.7. The SMILES string of the molecule is CC(=Nc1ccc(N(C)C)cc1)c1cccc(C(C)=Nc2ccc(N(C)C)cc2)n1. The molecular formula is C25H29N5. The molecule has 0 N–H and O–H groups in total. The van der Waals surface area contributed by atoms with Gasteiger partial charge in [0.05, 0.1) is 34.2 Å². The summed E-state index contributed by atoms with van der Waals surface area (Å²) in [7, 11) is 8.11. The van der Waals surface area contributed by atoms with Gasteiger partial charge >= 0.3 is 0 Å². The molecule has 30 heavy (non-hydrogen) atoms. The Hall–Kier alpha value is -3.47. The van der Waals surface area contributed by atoms with Gasteiger partial charge in [-0.1, -0.05) is 6.07 Å². The monoisotopic (exact) mass is 399 g/mol. The summed E-state index contributed by atoms with van der Waals surface area (Å²) < 4.78 is 0. The van der Waals surface area contributed by atoms with Crippen molar-refractivity contribution in [3.8, 4) is 0 Å². The Bertz CT molecular complexity index is 963. The van der Waals surface area contributed by atoms with E-state index in [9.17, 15) is 0 Å². The molecule has 0 atom stereocenters. The number of benzene rings is 2. The fourth-order valence-corrected chi connectivity index (χ4v) is 2.99. The number of aliphatic imine (C=N–C) groups is 2. The third-order valence-corrected chi connectivity index (χ3v) is 4.82. The molecule has 0 unspecified atom stereocenters. The molecule has 5 heteroatoms. The first kappa shape index (κ1) is 21.2. The number of aromatic nitrogens is 1. The van der Waals surface area contributed by atoms with Crippen LogP contribution >= 0.6 is 0 Å². The predicted molar refractivity (Wildman–Crippen MR) is 130 cm³/mol. The number of anilines is 2. The van der Waals surface area contributed by atoms with Gasteiger partial charge in [-0.2, -0.15) is 0 Å². The van der Waals surface area contributed by atoms with Gasteiger partial charge in [-0.3, -0.25) is 9.98 Å². The van der Waals surface area contributed by atoms with E-state index in [4.69, 9.17) is 15.0 Å². The number of hydrogen-bond donors (Lipinski definition) is 0. The summed E-state index contributed by atoms with van der Waals surface area (Å²) in [5.74, 6) is 0. The number of rotatable bonds is 6. The maximum Gasteiger partial charge on any atom is 0.0849 e. The first-order valence-corrected chi connectivity index (χ1v) is 9.96. The van der Waals surface area contributed by atoms with E-state index in [0.29, 0.717) is 0 Å². The predicted octanol–water partition coefficient (Wildman–Crippen LogP) is 5.50. The van der Waals surface area contributed by atoms with Crippen molar-refractivity contribution in [2.24, 2.45) is 9.98 Å². The Morgan fingerprint density at radius 3 is 1.30 bits per heavy atom. The Balaban J connectivity index is 1.82. The maximum absolute atomic E-state index is 4.78. The summed E-state index contributed by atoms with van der Waals surface area (Å²) in [6, 6.07) is 22.3. The zero-order valence-corrected chi connectivity index (χ0v) is 18.6. The largest absolute Gasteiger partial charge is 0.378 e. The average Bonchev–Trinajstić information content (AvgIpc) is 2.74. The topological polar surface area (TPSA) is 44.1 Å². The molecule has 0 aliphatic carbocycles. The van der Waals surface area contributed by atoms with Crippen LogP contribution in [-0.2, 0) is 0 Å². The van der Waals surface area contributed by atoms with E-state index in [2.05, 4.69) is 34.1 Å². The number of nitrogens with zero attached hydrogens (tertiary/aromatic N) is 5. The molecule has 3 aromatic rings. The minimum Gasteiger partial charge on any atom is -0.378 e. The molecule has 5 nitrogen and oxygen atoms in total. The van der Waals surface area contributed by atoms with Gasteiger partial charge in [0.1, 0.15) is 0 Å². The maximum atomic E-state index is 4.78. The molecule has 2 aromatic carbocycles. The molecule has 0 aliphatic heterocycles. The molecule has 154 valence electrons. The van der Waals surface area contributed by atoms with Crippen LogP contribution in [0.4, 0.5) is 22.7 Å². The van der Waals surface area contributed by atoms with Gasteiger partial charge in [0.15, 0.2) is 0 Å². The summed E-state index contributed by atoms with van der Waals surface area (Å²) in [4.78, 5) is 18.4. The highest BCUT2D eigenvalue weighted by Crippen LogP contribution is 2.20. The summed E-state index contributed by atoms with van der Waals surface area (Å²) in [6.45, 7) is 3.97. The minimum absolute atomic E-state index is 0.849. The van der Waals surface area contributed by atoms with E-state index < -0.39 is 0 Å². The van der Waals surface area contributed by atoms with Gasteiger partial charge in [-0.05, 0) is 74.5 Å². The quantitative estimate of drug-likeness (QED) is 0.515. The van der Waals surface area contributed by atoms with Gasteiger partial charge in [0, 0.05) is 39.6 Å². The van der Waals surface area contributed by atoms with Crippen molar-refractivity contribution in [1.82, 2.24) is 4.98 Å². The van der Waals surface area contributed by atoms with Crippen molar-refractivity contribution in [1.29, 1.82) is 0 Å². The van der Waals surface area contributed by atoms with E-state index >= 15 is 0 Å². The van der Waals surface area contributed by atoms with Gasteiger partial charge in [0.2, 0.25) is 0 Å². The van der Waals surface area contributed by atoms with Crippen LogP contribution in [-0.4, -0.2) is 44.6 Å². The second-order valence-electron chi connectivity index (χ2n) is 7.62. The van der Waals surface area contributed by atoms with Crippen LogP contribution in [0.2, 0.25) is 0 Å². The lowest BCUT2D eigenvalue weighted by Crippen LogP contribution is -2.08.